The molecule has 1 unspecified atom stereocenters. The maximum atomic E-state index is 12.5. The number of anilines is 1. The van der Waals surface area contributed by atoms with E-state index in [4.69, 9.17) is 19.8 Å². The van der Waals surface area contributed by atoms with Crippen molar-refractivity contribution < 1.29 is 74.0 Å². The van der Waals surface area contributed by atoms with Crippen LogP contribution in [0.4, 0.5) is 51.0 Å². The fourth-order valence-electron chi connectivity index (χ4n) is 3.26. The van der Waals surface area contributed by atoms with E-state index in [-0.39, 0.29) is 5.56 Å². The lowest BCUT2D eigenvalue weighted by Gasteiger charge is -2.12. The van der Waals surface area contributed by atoms with E-state index in [1.165, 1.54) is 22.2 Å². The van der Waals surface area contributed by atoms with Gasteiger partial charge in [-0.25, -0.2) is 4.98 Å². The average molecular weight is 591 g/mol. The number of carboxylic acid groups (broad SMARTS) is 2. The van der Waals surface area contributed by atoms with Crippen LogP contribution in [0.1, 0.15) is 28.3 Å². The van der Waals surface area contributed by atoms with E-state index in [0.29, 0.717) is 5.92 Å². The van der Waals surface area contributed by atoms with Crippen molar-refractivity contribution in [2.24, 2.45) is 0 Å². The zero-order chi connectivity index (χ0) is 31.1. The van der Waals surface area contributed by atoms with Gasteiger partial charge in [-0.15, -0.1) is 0 Å². The lowest BCUT2D eigenvalue weighted by Crippen LogP contribution is -3.00. The van der Waals surface area contributed by atoms with Gasteiger partial charge in [0.1, 0.15) is 17.6 Å². The van der Waals surface area contributed by atoms with Gasteiger partial charge in [-0.1, -0.05) is 12.1 Å². The van der Waals surface area contributed by atoms with Gasteiger partial charge in [-0.2, -0.15) is 39.5 Å². The molecule has 1 aromatic carbocycles. The molecule has 3 rings (SSSR count). The van der Waals surface area contributed by atoms with E-state index in [1.54, 1.807) is 6.07 Å². The summed E-state index contributed by atoms with van der Waals surface area (Å²) in [4.78, 5) is 35.0. The standard InChI is InChI=1S/C19H20F3N3O.2C2HF3O2/c1-24(2)16-6-3-13(4-7-16)15-9-10-25(12-15)17-8-5-14(11-23-17)18(26)19(20,21)22;2*3-2(4,5)1(6)7/h3-8,11,15H,9-10,12H2,1-2H3;2*(H,6,7). The third kappa shape index (κ3) is 10.7. The van der Waals surface area contributed by atoms with Crippen LogP contribution in [0.5, 0.6) is 0 Å². The Kier molecular flexibility index (Phi) is 11.5. The normalized spacial score (nSPS) is 15.5. The minimum atomic E-state index is -5.19. The van der Waals surface area contributed by atoms with Crippen LogP contribution in [0.3, 0.4) is 0 Å². The van der Waals surface area contributed by atoms with Crippen molar-refractivity contribution in [1.29, 1.82) is 0 Å². The highest BCUT2D eigenvalue weighted by Crippen LogP contribution is 2.30. The molecule has 0 radical (unpaired) electrons. The van der Waals surface area contributed by atoms with E-state index in [9.17, 15) is 44.3 Å². The number of aromatic nitrogens is 1. The van der Waals surface area contributed by atoms with Gasteiger partial charge in [0.05, 0.1) is 38.9 Å². The van der Waals surface area contributed by atoms with Gasteiger partial charge in [-0.3, -0.25) is 9.69 Å². The Bertz CT molecular complexity index is 1120. The molecule has 0 aliphatic carbocycles. The van der Waals surface area contributed by atoms with Crippen molar-refractivity contribution in [2.75, 3.05) is 32.1 Å². The molecule has 2 N–H and O–H groups in total. The first-order chi connectivity index (χ1) is 18.1. The fraction of sp³-hybridized carbons (Fsp3) is 0.391. The van der Waals surface area contributed by atoms with Gasteiger partial charge in [0.15, 0.2) is 0 Å². The number of benzene rings is 1. The molecule has 8 nitrogen and oxygen atoms in total. The van der Waals surface area contributed by atoms with Crippen molar-refractivity contribution in [2.45, 2.75) is 30.9 Å². The van der Waals surface area contributed by atoms with E-state index in [2.05, 4.69) is 48.2 Å². The van der Waals surface area contributed by atoms with Crippen LogP contribution < -0.4 is 25.0 Å². The molecule has 1 aromatic heterocycles. The Morgan fingerprint density at radius 2 is 1.30 bits per heavy atom. The molecule has 0 saturated carbocycles. The van der Waals surface area contributed by atoms with Crippen molar-refractivity contribution in [1.82, 2.24) is 0 Å². The number of ketones is 1. The van der Waals surface area contributed by atoms with Crippen molar-refractivity contribution in [3.8, 4) is 0 Å². The number of nitrogens with one attached hydrogen (secondary N) is 2. The van der Waals surface area contributed by atoms with Gasteiger partial charge in [-0.05, 0) is 30.2 Å². The van der Waals surface area contributed by atoms with Gasteiger partial charge < -0.3 is 24.7 Å². The Balaban J connectivity index is 0.000000473. The topological polar surface area (TPSA) is 119 Å². The quantitative estimate of drug-likeness (QED) is 0.412. The number of hydrogen-bond donors (Lipinski definition) is 1. The minimum Gasteiger partial charge on any atom is -0.542 e. The summed E-state index contributed by atoms with van der Waals surface area (Å²) < 4.78 is 101. The number of Topliss-reactive ketones (excluding diaryl/α,β-unsaturated/α-hetero) is 1. The van der Waals surface area contributed by atoms with Crippen LogP contribution in [0.2, 0.25) is 0 Å². The highest BCUT2D eigenvalue weighted by molar-refractivity contribution is 5.99. The molecule has 0 spiro atoms. The molecule has 0 amide bonds. The summed E-state index contributed by atoms with van der Waals surface area (Å²) in [5.74, 6) is -6.74. The third-order valence-corrected chi connectivity index (χ3v) is 5.27. The minimum absolute atomic E-state index is 0.376. The summed E-state index contributed by atoms with van der Waals surface area (Å²) in [5, 5.41) is 17.6. The van der Waals surface area contributed by atoms with Crippen molar-refractivity contribution >= 4 is 29.2 Å². The van der Waals surface area contributed by atoms with Crippen LogP contribution >= 0.6 is 0 Å². The molecular formula is C23H22F9N3O5. The second-order valence-electron chi connectivity index (χ2n) is 8.41. The number of aromatic amines is 1. The Labute approximate surface area is 220 Å². The number of quaternary nitrogens is 1. The molecule has 2 aromatic rings. The van der Waals surface area contributed by atoms with Crippen LogP contribution in [0.15, 0.2) is 42.6 Å². The molecule has 17 heteroatoms. The zero-order valence-corrected chi connectivity index (χ0v) is 20.6. The number of H-pyrrole nitrogens is 1. The van der Waals surface area contributed by atoms with Crippen LogP contribution in [0.25, 0.3) is 0 Å². The molecular weight excluding hydrogens is 569 g/mol. The van der Waals surface area contributed by atoms with Crippen molar-refractivity contribution in [3.63, 3.8) is 0 Å². The maximum Gasteiger partial charge on any atom is 0.455 e. The van der Waals surface area contributed by atoms with Crippen LogP contribution in [0, 0.1) is 0 Å². The number of hydrogen-bond acceptors (Lipinski definition) is 6. The monoisotopic (exact) mass is 591 g/mol. The number of pyridine rings is 1. The summed E-state index contributed by atoms with van der Waals surface area (Å²) in [6, 6.07) is 11.3. The fourth-order valence-corrected chi connectivity index (χ4v) is 3.26. The first-order valence-electron chi connectivity index (χ1n) is 11.0. The number of halogens is 9. The number of carbonyl (C=O) groups is 3. The van der Waals surface area contributed by atoms with E-state index >= 15 is 0 Å². The summed E-state index contributed by atoms with van der Waals surface area (Å²) in [6.07, 6.45) is -13.1. The summed E-state index contributed by atoms with van der Waals surface area (Å²) in [5.41, 5.74) is 2.11. The highest BCUT2D eigenvalue weighted by Gasteiger charge is 2.40. The Morgan fingerprint density at radius 3 is 1.65 bits per heavy atom. The molecule has 2 heterocycles. The summed E-state index contributed by atoms with van der Waals surface area (Å²) in [6.45, 7) is 1.60. The van der Waals surface area contributed by atoms with Gasteiger partial charge in [0.25, 0.3) is 11.6 Å². The number of nitrogens with zero attached hydrogens (tertiary/aromatic N) is 1. The number of alkyl halides is 9. The third-order valence-electron chi connectivity index (χ3n) is 5.27. The molecule has 222 valence electrons. The predicted molar refractivity (Wildman–Crippen MR) is 114 cm³/mol. The number of rotatable bonds is 4. The van der Waals surface area contributed by atoms with Gasteiger partial charge in [0, 0.05) is 12.0 Å². The average Bonchev–Trinajstić information content (AvgIpc) is 3.33. The summed E-state index contributed by atoms with van der Waals surface area (Å²) >= 11 is 0. The number of carboxylic acids is 2. The second-order valence-corrected chi connectivity index (χ2v) is 8.41. The van der Waals surface area contributed by atoms with E-state index < -0.39 is 36.3 Å². The van der Waals surface area contributed by atoms with Crippen molar-refractivity contribution in [3.05, 3.63) is 53.7 Å². The first-order valence-corrected chi connectivity index (χ1v) is 11.0. The maximum absolute atomic E-state index is 12.5. The molecule has 1 saturated heterocycles. The largest absolute Gasteiger partial charge is 0.542 e. The molecule has 1 fully saturated rings. The smallest absolute Gasteiger partial charge is 0.455 e. The van der Waals surface area contributed by atoms with E-state index in [0.717, 1.165) is 31.5 Å². The van der Waals surface area contributed by atoms with Gasteiger partial charge >= 0.3 is 18.5 Å². The summed E-state index contributed by atoms with van der Waals surface area (Å²) in [7, 11) is 4.16. The Hall–Kier alpha value is -3.89. The number of aliphatic carboxylic acids is 2. The predicted octanol–water partition coefficient (Wildman–Crippen LogP) is 0.613. The molecule has 1 aliphatic heterocycles. The lowest BCUT2D eigenvalue weighted by atomic mass is 9.98. The highest BCUT2D eigenvalue weighted by atomic mass is 19.4. The molecule has 40 heavy (non-hydrogen) atoms. The SMILES string of the molecule is C[NH+](C)c1ccc(C2CCN(c3ccc(C(=O)C(F)(F)F)c[nH+]3)C2)cc1.O=C([O-])C(F)(F)F.O=C([O-])C(F)(F)F. The molecule has 1 aliphatic rings. The van der Waals surface area contributed by atoms with E-state index in [1.807, 2.05) is 0 Å². The Morgan fingerprint density at radius 1 is 0.825 bits per heavy atom. The first kappa shape index (κ1) is 34.1. The lowest BCUT2D eigenvalue weighted by molar-refractivity contribution is -0.786. The van der Waals surface area contributed by atoms with Gasteiger partial charge in [0.2, 0.25) is 0 Å². The zero-order valence-electron chi connectivity index (χ0n) is 20.6. The van der Waals surface area contributed by atoms with Crippen LogP contribution in [-0.2, 0) is 9.59 Å². The number of carbonyl (C=O) groups excluding carboxylic acids is 3. The molecule has 1 atom stereocenters. The second kappa shape index (κ2) is 13.5. The molecule has 0 bridgehead atoms. The van der Waals surface area contributed by atoms with Crippen LogP contribution in [-0.4, -0.2) is 63.4 Å².